The summed E-state index contributed by atoms with van der Waals surface area (Å²) in [5.41, 5.74) is 4.43. The van der Waals surface area contributed by atoms with Crippen LogP contribution < -0.4 is 0 Å². The number of carbonyl (C=O) groups excluding carboxylic acids is 2. The van der Waals surface area contributed by atoms with E-state index in [0.29, 0.717) is 22.2 Å². The van der Waals surface area contributed by atoms with Crippen LogP contribution in [-0.4, -0.2) is 21.5 Å². The van der Waals surface area contributed by atoms with Gasteiger partial charge in [0.25, 0.3) is 0 Å². The maximum Gasteiger partial charge on any atom is 0.214 e. The van der Waals surface area contributed by atoms with Gasteiger partial charge in [0.1, 0.15) is 11.4 Å². The molecule has 0 radical (unpaired) electrons. The molecule has 0 unspecified atom stereocenters. The monoisotopic (exact) mass is 288 g/mol. The van der Waals surface area contributed by atoms with E-state index in [-0.39, 0.29) is 23.0 Å². The van der Waals surface area contributed by atoms with Crippen molar-refractivity contribution in [1.29, 1.82) is 0 Å². The highest BCUT2D eigenvalue weighted by Gasteiger charge is 2.32. The third kappa shape index (κ3) is 1.64. The van der Waals surface area contributed by atoms with Crippen LogP contribution >= 0.6 is 0 Å². The summed E-state index contributed by atoms with van der Waals surface area (Å²) in [7, 11) is 0. The van der Waals surface area contributed by atoms with E-state index in [2.05, 4.69) is 9.97 Å². The minimum atomic E-state index is -0.237. The number of fused-ring (bicyclic) bond motifs is 3. The fourth-order valence-corrected chi connectivity index (χ4v) is 2.96. The number of aryl methyl sites for hydroxylation is 2. The average Bonchev–Trinajstić information content (AvgIpc) is 2.51. The van der Waals surface area contributed by atoms with Crippen molar-refractivity contribution < 1.29 is 9.59 Å². The molecule has 0 atom stereocenters. The summed E-state index contributed by atoms with van der Waals surface area (Å²) in [6.07, 6.45) is 0. The van der Waals surface area contributed by atoms with Gasteiger partial charge >= 0.3 is 0 Å². The molecule has 3 aromatic rings. The van der Waals surface area contributed by atoms with Gasteiger partial charge in [-0.25, -0.2) is 9.97 Å². The van der Waals surface area contributed by atoms with Crippen LogP contribution in [-0.2, 0) is 0 Å². The van der Waals surface area contributed by atoms with Gasteiger partial charge in [-0.3, -0.25) is 9.59 Å². The molecule has 0 fully saturated rings. The summed E-state index contributed by atoms with van der Waals surface area (Å²) < 4.78 is 0. The Morgan fingerprint density at radius 1 is 0.818 bits per heavy atom. The number of carbonyl (C=O) groups is 2. The first kappa shape index (κ1) is 12.8. The molecule has 0 bridgehead atoms. The fourth-order valence-electron chi connectivity index (χ4n) is 2.96. The molecule has 1 heterocycles. The fraction of sp³-hybridized carbons (Fsp3) is 0.111. The highest BCUT2D eigenvalue weighted by Crippen LogP contribution is 2.27. The van der Waals surface area contributed by atoms with Crippen molar-refractivity contribution in [3.05, 3.63) is 70.0 Å². The lowest BCUT2D eigenvalue weighted by Crippen LogP contribution is -2.24. The van der Waals surface area contributed by atoms with E-state index in [1.165, 1.54) is 0 Å². The zero-order chi connectivity index (χ0) is 15.4. The summed E-state index contributed by atoms with van der Waals surface area (Å²) in [4.78, 5) is 34.1. The second kappa shape index (κ2) is 4.31. The van der Waals surface area contributed by atoms with Crippen molar-refractivity contribution in [2.75, 3.05) is 0 Å². The Labute approximate surface area is 126 Å². The molecule has 0 amide bonds. The molecule has 0 aliphatic heterocycles. The van der Waals surface area contributed by atoms with Gasteiger partial charge in [0.05, 0.1) is 11.0 Å². The van der Waals surface area contributed by atoms with Crippen molar-refractivity contribution >= 4 is 22.6 Å². The van der Waals surface area contributed by atoms with Gasteiger partial charge in [-0.05, 0) is 31.0 Å². The predicted molar refractivity (Wildman–Crippen MR) is 82.3 cm³/mol. The first-order chi connectivity index (χ1) is 10.6. The van der Waals surface area contributed by atoms with E-state index in [1.54, 1.807) is 24.3 Å². The molecule has 2 aromatic carbocycles. The summed E-state index contributed by atoms with van der Waals surface area (Å²) in [5, 5.41) is 0. The Kier molecular flexibility index (Phi) is 2.51. The number of hydrogen-bond donors (Lipinski definition) is 0. The number of benzene rings is 2. The van der Waals surface area contributed by atoms with Crippen LogP contribution in [0, 0.1) is 13.8 Å². The topological polar surface area (TPSA) is 59.9 Å². The third-order valence-corrected chi connectivity index (χ3v) is 3.95. The maximum absolute atomic E-state index is 12.6. The predicted octanol–water partition coefficient (Wildman–Crippen LogP) is 3.02. The molecule has 1 aliphatic rings. The first-order valence-electron chi connectivity index (χ1n) is 7.03. The van der Waals surface area contributed by atoms with Gasteiger partial charge in [-0.1, -0.05) is 30.3 Å². The van der Waals surface area contributed by atoms with Crippen LogP contribution in [0.5, 0.6) is 0 Å². The average molecular weight is 288 g/mol. The molecule has 106 valence electrons. The van der Waals surface area contributed by atoms with Gasteiger partial charge < -0.3 is 0 Å². The number of ketones is 2. The van der Waals surface area contributed by atoms with Crippen LogP contribution in [0.25, 0.3) is 11.0 Å². The quantitative estimate of drug-likeness (QED) is 0.499. The normalized spacial score (nSPS) is 13.2. The molecule has 4 heteroatoms. The summed E-state index contributed by atoms with van der Waals surface area (Å²) in [6.45, 7) is 3.90. The number of rotatable bonds is 0. The molecule has 4 nitrogen and oxygen atoms in total. The Bertz CT molecular complexity index is 990. The van der Waals surface area contributed by atoms with E-state index >= 15 is 0 Å². The number of hydrogen-bond acceptors (Lipinski definition) is 4. The van der Waals surface area contributed by atoms with E-state index in [0.717, 1.165) is 11.1 Å². The lowest BCUT2D eigenvalue weighted by molar-refractivity contribution is 0.0972. The van der Waals surface area contributed by atoms with Crippen molar-refractivity contribution in [2.45, 2.75) is 13.8 Å². The summed E-state index contributed by atoms with van der Waals surface area (Å²) >= 11 is 0. The van der Waals surface area contributed by atoms with E-state index in [4.69, 9.17) is 0 Å². The van der Waals surface area contributed by atoms with Crippen LogP contribution in [0.2, 0.25) is 0 Å². The minimum absolute atomic E-state index is 0.154. The molecule has 1 aliphatic carbocycles. The van der Waals surface area contributed by atoms with Crippen molar-refractivity contribution in [2.24, 2.45) is 0 Å². The summed E-state index contributed by atoms with van der Waals surface area (Å²) in [6, 6.07) is 10.7. The summed E-state index contributed by atoms with van der Waals surface area (Å²) in [5.74, 6) is -0.474. The SMILES string of the molecule is Cc1cc(C)c2nc3c(nc2c1)C(=O)c1ccccc1C3=O. The Balaban J connectivity index is 2.08. The van der Waals surface area contributed by atoms with Gasteiger partial charge in [0, 0.05) is 11.1 Å². The molecule has 4 rings (SSSR count). The van der Waals surface area contributed by atoms with Gasteiger partial charge in [0.2, 0.25) is 11.6 Å². The van der Waals surface area contributed by atoms with Gasteiger partial charge in [-0.15, -0.1) is 0 Å². The van der Waals surface area contributed by atoms with Crippen molar-refractivity contribution in [1.82, 2.24) is 9.97 Å². The van der Waals surface area contributed by atoms with E-state index in [1.807, 2.05) is 26.0 Å². The van der Waals surface area contributed by atoms with Crippen LogP contribution in [0.1, 0.15) is 43.2 Å². The standard InChI is InChI=1S/C18H12N2O2/c1-9-7-10(2)14-13(8-9)19-15-16(20-14)18(22)12-6-4-3-5-11(12)17(15)21/h3-8H,1-2H3. The van der Waals surface area contributed by atoms with Gasteiger partial charge in [0.15, 0.2) is 0 Å². The van der Waals surface area contributed by atoms with Crippen LogP contribution in [0.15, 0.2) is 36.4 Å². The van der Waals surface area contributed by atoms with Gasteiger partial charge in [-0.2, -0.15) is 0 Å². The molecule has 0 N–H and O–H groups in total. The second-order valence-corrected chi connectivity index (χ2v) is 5.57. The molecule has 0 saturated heterocycles. The molecule has 1 aromatic heterocycles. The molecular formula is C18H12N2O2. The zero-order valence-electron chi connectivity index (χ0n) is 12.2. The Morgan fingerprint density at radius 2 is 1.41 bits per heavy atom. The molecule has 0 spiro atoms. The van der Waals surface area contributed by atoms with Crippen LogP contribution in [0.4, 0.5) is 0 Å². The third-order valence-electron chi connectivity index (χ3n) is 3.95. The Hall–Kier alpha value is -2.88. The maximum atomic E-state index is 12.6. The highest BCUT2D eigenvalue weighted by atomic mass is 16.1. The molecular weight excluding hydrogens is 276 g/mol. The lowest BCUT2D eigenvalue weighted by Gasteiger charge is -2.16. The number of aromatic nitrogens is 2. The second-order valence-electron chi connectivity index (χ2n) is 5.57. The number of nitrogens with zero attached hydrogens (tertiary/aromatic N) is 2. The minimum Gasteiger partial charge on any atom is -0.287 e. The lowest BCUT2D eigenvalue weighted by atomic mass is 9.89. The zero-order valence-corrected chi connectivity index (χ0v) is 12.2. The highest BCUT2D eigenvalue weighted by molar-refractivity contribution is 6.27. The van der Waals surface area contributed by atoms with Crippen molar-refractivity contribution in [3.63, 3.8) is 0 Å². The van der Waals surface area contributed by atoms with E-state index < -0.39 is 0 Å². The van der Waals surface area contributed by atoms with Crippen LogP contribution in [0.3, 0.4) is 0 Å². The van der Waals surface area contributed by atoms with Crippen molar-refractivity contribution in [3.8, 4) is 0 Å². The molecule has 0 saturated carbocycles. The Morgan fingerprint density at radius 3 is 2.05 bits per heavy atom. The largest absolute Gasteiger partial charge is 0.287 e. The first-order valence-corrected chi connectivity index (χ1v) is 7.03. The smallest absolute Gasteiger partial charge is 0.214 e. The molecule has 22 heavy (non-hydrogen) atoms. The van der Waals surface area contributed by atoms with E-state index in [9.17, 15) is 9.59 Å².